The summed E-state index contributed by atoms with van der Waals surface area (Å²) in [7, 11) is -3.49. The third-order valence-corrected chi connectivity index (χ3v) is 9.24. The molecule has 0 aliphatic carbocycles. The molecule has 0 spiro atoms. The molecule has 1 aromatic heterocycles. The lowest BCUT2D eigenvalue weighted by atomic mass is 10.1. The van der Waals surface area contributed by atoms with Crippen molar-refractivity contribution in [1.82, 2.24) is 9.21 Å². The second kappa shape index (κ2) is 9.03. The number of amides is 1. The zero-order valence-corrected chi connectivity index (χ0v) is 19.0. The molecule has 174 valence electrons. The highest BCUT2D eigenvalue weighted by atomic mass is 32.2. The third kappa shape index (κ3) is 4.94. The minimum Gasteiger partial charge on any atom is -0.368 e. The number of hydrogen-bond donors (Lipinski definition) is 0. The SMILES string of the molecule is O=C(Cc1ccc(S(=O)(=O)N2CCCC2)s1)N1CCN(c2cccc(C(F)(F)F)c2)CC1. The van der Waals surface area contributed by atoms with E-state index in [4.69, 9.17) is 0 Å². The topological polar surface area (TPSA) is 60.9 Å². The lowest BCUT2D eigenvalue weighted by Crippen LogP contribution is -2.49. The first-order valence-corrected chi connectivity index (χ1v) is 12.7. The maximum Gasteiger partial charge on any atom is 0.416 e. The van der Waals surface area contributed by atoms with Gasteiger partial charge in [-0.2, -0.15) is 17.5 Å². The lowest BCUT2D eigenvalue weighted by molar-refractivity contribution is -0.137. The standard InChI is InChI=1S/C21H24F3N3O3S2/c22-21(23,24)16-4-3-5-17(14-16)25-10-12-26(13-11-25)19(28)15-18-6-7-20(31-18)32(29,30)27-8-1-2-9-27/h3-7,14H,1-2,8-13,15H2. The van der Waals surface area contributed by atoms with Crippen molar-refractivity contribution >= 4 is 33.0 Å². The number of nitrogens with zero attached hydrogens (tertiary/aromatic N) is 3. The molecule has 6 nitrogen and oxygen atoms in total. The van der Waals surface area contributed by atoms with Crippen molar-refractivity contribution in [1.29, 1.82) is 0 Å². The van der Waals surface area contributed by atoms with Gasteiger partial charge in [0.2, 0.25) is 5.91 Å². The van der Waals surface area contributed by atoms with Crippen LogP contribution in [0.1, 0.15) is 23.3 Å². The Hall–Kier alpha value is -2.11. The van der Waals surface area contributed by atoms with Crippen molar-refractivity contribution in [3.05, 3.63) is 46.8 Å². The molecular formula is C21H24F3N3O3S2. The van der Waals surface area contributed by atoms with Gasteiger partial charge in [0.25, 0.3) is 10.0 Å². The van der Waals surface area contributed by atoms with Gasteiger partial charge < -0.3 is 9.80 Å². The molecule has 0 N–H and O–H groups in total. The number of carbonyl (C=O) groups is 1. The number of hydrogen-bond acceptors (Lipinski definition) is 5. The zero-order chi connectivity index (χ0) is 22.9. The van der Waals surface area contributed by atoms with Crippen LogP contribution in [0.5, 0.6) is 0 Å². The monoisotopic (exact) mass is 487 g/mol. The first-order chi connectivity index (χ1) is 15.1. The summed E-state index contributed by atoms with van der Waals surface area (Å²) in [5.41, 5.74) is -0.201. The molecule has 2 aliphatic rings. The highest BCUT2D eigenvalue weighted by molar-refractivity contribution is 7.91. The van der Waals surface area contributed by atoms with E-state index in [0.717, 1.165) is 36.3 Å². The molecule has 0 atom stereocenters. The largest absolute Gasteiger partial charge is 0.416 e. The number of benzene rings is 1. The summed E-state index contributed by atoms with van der Waals surface area (Å²) in [4.78, 5) is 16.9. The Morgan fingerprint density at radius 3 is 2.31 bits per heavy atom. The van der Waals surface area contributed by atoms with Crippen LogP contribution in [0.4, 0.5) is 18.9 Å². The molecule has 3 heterocycles. The fourth-order valence-corrected chi connectivity index (χ4v) is 7.02. The number of carbonyl (C=O) groups excluding carboxylic acids is 1. The number of anilines is 1. The van der Waals surface area contributed by atoms with E-state index in [1.165, 1.54) is 10.4 Å². The van der Waals surface area contributed by atoms with Gasteiger partial charge >= 0.3 is 6.18 Å². The number of alkyl halides is 3. The Balaban J connectivity index is 1.34. The maximum absolute atomic E-state index is 13.0. The summed E-state index contributed by atoms with van der Waals surface area (Å²) in [6, 6.07) is 8.45. The van der Waals surface area contributed by atoms with Gasteiger partial charge in [-0.25, -0.2) is 8.42 Å². The highest BCUT2D eigenvalue weighted by Gasteiger charge is 2.32. The second-order valence-electron chi connectivity index (χ2n) is 7.92. The zero-order valence-electron chi connectivity index (χ0n) is 17.3. The molecule has 0 saturated carbocycles. The Bertz CT molecular complexity index is 1070. The summed E-state index contributed by atoms with van der Waals surface area (Å²) in [6.45, 7) is 2.74. The van der Waals surface area contributed by atoms with Crippen LogP contribution in [0.2, 0.25) is 0 Å². The van der Waals surface area contributed by atoms with Crippen LogP contribution < -0.4 is 4.90 Å². The molecule has 1 aromatic carbocycles. The van der Waals surface area contributed by atoms with E-state index >= 15 is 0 Å². The molecule has 2 aliphatic heterocycles. The Morgan fingerprint density at radius 2 is 1.66 bits per heavy atom. The quantitative estimate of drug-likeness (QED) is 0.648. The lowest BCUT2D eigenvalue weighted by Gasteiger charge is -2.36. The van der Waals surface area contributed by atoms with Crippen molar-refractivity contribution in [3.63, 3.8) is 0 Å². The smallest absolute Gasteiger partial charge is 0.368 e. The van der Waals surface area contributed by atoms with Crippen LogP contribution in [-0.4, -0.2) is 62.8 Å². The first-order valence-electron chi connectivity index (χ1n) is 10.4. The van der Waals surface area contributed by atoms with Crippen molar-refractivity contribution in [2.45, 2.75) is 29.6 Å². The normalized spacial score (nSPS) is 18.3. The minimum absolute atomic E-state index is 0.110. The third-order valence-electron chi connectivity index (χ3n) is 5.79. The van der Waals surface area contributed by atoms with Crippen LogP contribution in [0.25, 0.3) is 0 Å². The predicted octanol–water partition coefficient (Wildman–Crippen LogP) is 3.44. The molecule has 0 bridgehead atoms. The number of halogens is 3. The molecule has 32 heavy (non-hydrogen) atoms. The summed E-state index contributed by atoms with van der Waals surface area (Å²) in [5, 5.41) is 0. The Kier molecular flexibility index (Phi) is 6.51. The van der Waals surface area contributed by atoms with Gasteiger partial charge in [-0.1, -0.05) is 6.07 Å². The average molecular weight is 488 g/mol. The van der Waals surface area contributed by atoms with Gasteiger partial charge in [0.05, 0.1) is 12.0 Å². The fraction of sp³-hybridized carbons (Fsp3) is 0.476. The number of thiophene rings is 1. The van der Waals surface area contributed by atoms with Crippen molar-refractivity contribution in [2.24, 2.45) is 0 Å². The van der Waals surface area contributed by atoms with Crippen LogP contribution in [-0.2, 0) is 27.4 Å². The van der Waals surface area contributed by atoms with Crippen molar-refractivity contribution < 1.29 is 26.4 Å². The van der Waals surface area contributed by atoms with Gasteiger partial charge in [-0.05, 0) is 43.2 Å². The number of piperazine rings is 1. The average Bonchev–Trinajstić information content (AvgIpc) is 3.46. The minimum atomic E-state index is -4.39. The van der Waals surface area contributed by atoms with Crippen LogP contribution >= 0.6 is 11.3 Å². The molecule has 0 unspecified atom stereocenters. The second-order valence-corrected chi connectivity index (χ2v) is 11.3. The van der Waals surface area contributed by atoms with Crippen LogP contribution in [0, 0.1) is 0 Å². The predicted molar refractivity (Wildman–Crippen MR) is 116 cm³/mol. The summed E-state index contributed by atoms with van der Waals surface area (Å²) >= 11 is 1.13. The number of rotatable bonds is 5. The molecule has 1 amide bonds. The summed E-state index contributed by atoms with van der Waals surface area (Å²) < 4.78 is 65.9. The van der Waals surface area contributed by atoms with Crippen molar-refractivity contribution in [3.8, 4) is 0 Å². The van der Waals surface area contributed by atoms with Gasteiger partial charge in [0.1, 0.15) is 4.21 Å². The Labute approximate surface area is 189 Å². The Morgan fingerprint density at radius 1 is 0.969 bits per heavy atom. The van der Waals surface area contributed by atoms with E-state index in [2.05, 4.69) is 0 Å². The summed E-state index contributed by atoms with van der Waals surface area (Å²) in [5.74, 6) is -0.110. The van der Waals surface area contributed by atoms with Crippen LogP contribution in [0.3, 0.4) is 0 Å². The van der Waals surface area contributed by atoms with E-state index in [1.807, 2.05) is 4.90 Å². The molecule has 2 saturated heterocycles. The fourth-order valence-electron chi connectivity index (χ4n) is 4.00. The highest BCUT2D eigenvalue weighted by Crippen LogP contribution is 2.32. The molecular weight excluding hydrogens is 463 g/mol. The van der Waals surface area contributed by atoms with Gasteiger partial charge in [0, 0.05) is 49.8 Å². The molecule has 0 radical (unpaired) electrons. The van der Waals surface area contributed by atoms with E-state index in [1.54, 1.807) is 23.1 Å². The molecule has 11 heteroatoms. The van der Waals surface area contributed by atoms with E-state index < -0.39 is 21.8 Å². The summed E-state index contributed by atoms with van der Waals surface area (Å²) in [6.07, 6.45) is -2.55. The number of sulfonamides is 1. The van der Waals surface area contributed by atoms with Crippen molar-refractivity contribution in [2.75, 3.05) is 44.2 Å². The van der Waals surface area contributed by atoms with E-state index in [9.17, 15) is 26.4 Å². The first kappa shape index (κ1) is 23.1. The van der Waals surface area contributed by atoms with Crippen LogP contribution in [0.15, 0.2) is 40.6 Å². The van der Waals surface area contributed by atoms with Gasteiger partial charge in [-0.15, -0.1) is 11.3 Å². The van der Waals surface area contributed by atoms with Gasteiger partial charge in [0.15, 0.2) is 0 Å². The van der Waals surface area contributed by atoms with E-state index in [0.29, 0.717) is 49.8 Å². The van der Waals surface area contributed by atoms with E-state index in [-0.39, 0.29) is 16.5 Å². The maximum atomic E-state index is 13.0. The molecule has 4 rings (SSSR count). The van der Waals surface area contributed by atoms with Gasteiger partial charge in [-0.3, -0.25) is 4.79 Å². The molecule has 2 fully saturated rings. The molecule has 2 aromatic rings.